The van der Waals surface area contributed by atoms with Crippen LogP contribution in [0.25, 0.3) is 0 Å². The molecule has 1 aromatic carbocycles. The summed E-state index contributed by atoms with van der Waals surface area (Å²) in [6.07, 6.45) is -6.02. The van der Waals surface area contributed by atoms with Crippen molar-refractivity contribution in [3.63, 3.8) is 0 Å². The van der Waals surface area contributed by atoms with Gasteiger partial charge >= 0.3 is 12.3 Å². The Balaban J connectivity index is 1.82. The number of cyclic esters (lactones) is 1. The van der Waals surface area contributed by atoms with Gasteiger partial charge in [-0.3, -0.25) is 0 Å². The molecular formula is C19H18F6N4O4. The maximum atomic E-state index is 14.4. The van der Waals surface area contributed by atoms with Crippen molar-refractivity contribution < 1.29 is 45.7 Å². The van der Waals surface area contributed by atoms with Gasteiger partial charge in [-0.05, 0) is 19.9 Å². The fraction of sp³-hybridized carbons (Fsp3) is 0.421. The van der Waals surface area contributed by atoms with Crippen LogP contribution in [0.1, 0.15) is 25.5 Å². The number of aliphatic hydroxyl groups is 1. The summed E-state index contributed by atoms with van der Waals surface area (Å²) in [4.78, 5) is 20.4. The van der Waals surface area contributed by atoms with Crippen molar-refractivity contribution in [2.24, 2.45) is 0 Å². The molecule has 8 nitrogen and oxygen atoms in total. The van der Waals surface area contributed by atoms with E-state index in [-0.39, 0.29) is 18.1 Å². The van der Waals surface area contributed by atoms with Crippen LogP contribution in [0.3, 0.4) is 0 Å². The lowest BCUT2D eigenvalue weighted by molar-refractivity contribution is -0.153. The van der Waals surface area contributed by atoms with Gasteiger partial charge in [-0.25, -0.2) is 27.8 Å². The predicted molar refractivity (Wildman–Crippen MR) is 101 cm³/mol. The molecule has 33 heavy (non-hydrogen) atoms. The molecule has 1 aromatic heterocycles. The Hall–Kier alpha value is -3.29. The van der Waals surface area contributed by atoms with E-state index in [2.05, 4.69) is 20.0 Å². The first-order valence-electron chi connectivity index (χ1n) is 9.49. The number of carbonyl (C=O) groups is 1. The molecular weight excluding hydrogens is 462 g/mol. The van der Waals surface area contributed by atoms with E-state index in [1.54, 1.807) is 0 Å². The van der Waals surface area contributed by atoms with Gasteiger partial charge in [-0.2, -0.15) is 18.2 Å². The highest BCUT2D eigenvalue weighted by Gasteiger charge is 2.40. The Morgan fingerprint density at radius 3 is 2.58 bits per heavy atom. The lowest BCUT2D eigenvalue weighted by atomic mass is 10.1. The Bertz CT molecular complexity index is 1040. The SMILES string of the molecule is C[C@H](Nc1ncc(F)c(N2C(=O)OC[C@@H]2[C@@H](C)O)n1)c1cc(F)c(OCC(F)(F)F)cc1F. The van der Waals surface area contributed by atoms with Crippen LogP contribution < -0.4 is 15.0 Å². The topological polar surface area (TPSA) is 96.8 Å². The van der Waals surface area contributed by atoms with Crippen molar-refractivity contribution in [1.29, 1.82) is 0 Å². The second-order valence-corrected chi connectivity index (χ2v) is 7.19. The average molecular weight is 480 g/mol. The first-order chi connectivity index (χ1) is 15.4. The van der Waals surface area contributed by atoms with Crippen molar-refractivity contribution in [3.05, 3.63) is 41.3 Å². The fourth-order valence-corrected chi connectivity index (χ4v) is 3.05. The van der Waals surface area contributed by atoms with Crippen LogP contribution in [-0.4, -0.2) is 52.7 Å². The molecule has 0 saturated carbocycles. The van der Waals surface area contributed by atoms with Crippen LogP contribution in [0.2, 0.25) is 0 Å². The van der Waals surface area contributed by atoms with E-state index in [4.69, 9.17) is 4.74 Å². The zero-order chi connectivity index (χ0) is 24.5. The number of ether oxygens (including phenoxy) is 2. The molecule has 14 heteroatoms. The molecule has 180 valence electrons. The highest BCUT2D eigenvalue weighted by Crippen LogP contribution is 2.30. The van der Waals surface area contributed by atoms with Gasteiger partial charge < -0.3 is 19.9 Å². The van der Waals surface area contributed by atoms with Gasteiger partial charge in [0.1, 0.15) is 18.5 Å². The van der Waals surface area contributed by atoms with Gasteiger partial charge in [0, 0.05) is 11.6 Å². The molecule has 0 aliphatic carbocycles. The summed E-state index contributed by atoms with van der Waals surface area (Å²) < 4.78 is 88.7. The van der Waals surface area contributed by atoms with Gasteiger partial charge in [-0.15, -0.1) is 0 Å². The Morgan fingerprint density at radius 2 is 1.94 bits per heavy atom. The number of alkyl halides is 3. The molecule has 0 radical (unpaired) electrons. The van der Waals surface area contributed by atoms with Gasteiger partial charge in [0.15, 0.2) is 29.8 Å². The number of hydrogen-bond acceptors (Lipinski definition) is 7. The van der Waals surface area contributed by atoms with Crippen LogP contribution in [0.15, 0.2) is 18.3 Å². The highest BCUT2D eigenvalue weighted by molar-refractivity contribution is 5.89. The quantitative estimate of drug-likeness (QED) is 0.584. The van der Waals surface area contributed by atoms with Crippen LogP contribution >= 0.6 is 0 Å². The third-order valence-electron chi connectivity index (χ3n) is 4.67. The minimum absolute atomic E-state index is 0.202. The molecule has 0 bridgehead atoms. The number of aromatic nitrogens is 2. The smallest absolute Gasteiger partial charge is 0.422 e. The molecule has 0 unspecified atom stereocenters. The number of aliphatic hydroxyl groups excluding tert-OH is 1. The molecule has 2 N–H and O–H groups in total. The summed E-state index contributed by atoms with van der Waals surface area (Å²) in [6.45, 7) is 0.740. The number of nitrogens with one attached hydrogen (secondary N) is 1. The van der Waals surface area contributed by atoms with Crippen molar-refractivity contribution >= 4 is 17.9 Å². The summed E-state index contributed by atoms with van der Waals surface area (Å²) in [6, 6.07) is -0.834. The van der Waals surface area contributed by atoms with E-state index < -0.39 is 66.1 Å². The zero-order valence-electron chi connectivity index (χ0n) is 17.2. The predicted octanol–water partition coefficient (Wildman–Crippen LogP) is 3.71. The lowest BCUT2D eigenvalue weighted by Gasteiger charge is -2.23. The Labute approximate surface area is 183 Å². The first kappa shape index (κ1) is 24.4. The number of halogens is 6. The number of anilines is 2. The number of rotatable bonds is 7. The normalized spacial score (nSPS) is 18.2. The second kappa shape index (κ2) is 9.29. The fourth-order valence-electron chi connectivity index (χ4n) is 3.05. The molecule has 1 amide bonds. The molecule has 3 rings (SSSR count). The summed E-state index contributed by atoms with van der Waals surface area (Å²) in [5.41, 5.74) is -0.302. The number of amides is 1. The van der Waals surface area contributed by atoms with Gasteiger partial charge in [0.2, 0.25) is 5.95 Å². The number of nitrogens with zero attached hydrogens (tertiary/aromatic N) is 3. The monoisotopic (exact) mass is 480 g/mol. The largest absolute Gasteiger partial charge is 0.481 e. The molecule has 3 atom stereocenters. The average Bonchev–Trinajstić information content (AvgIpc) is 3.10. The first-order valence-corrected chi connectivity index (χ1v) is 9.49. The van der Waals surface area contributed by atoms with Crippen LogP contribution in [0, 0.1) is 17.5 Å². The second-order valence-electron chi connectivity index (χ2n) is 7.19. The van der Waals surface area contributed by atoms with Crippen molar-refractivity contribution in [2.75, 3.05) is 23.4 Å². The van der Waals surface area contributed by atoms with Gasteiger partial charge in [0.25, 0.3) is 0 Å². The van der Waals surface area contributed by atoms with Crippen molar-refractivity contribution in [1.82, 2.24) is 9.97 Å². The molecule has 1 fully saturated rings. The lowest BCUT2D eigenvalue weighted by Crippen LogP contribution is -2.42. The van der Waals surface area contributed by atoms with E-state index >= 15 is 0 Å². The molecule has 2 aromatic rings. The summed E-state index contributed by atoms with van der Waals surface area (Å²) in [7, 11) is 0. The molecule has 1 aliphatic rings. The zero-order valence-corrected chi connectivity index (χ0v) is 17.2. The van der Waals surface area contributed by atoms with Crippen molar-refractivity contribution in [2.45, 2.75) is 38.2 Å². The Morgan fingerprint density at radius 1 is 1.24 bits per heavy atom. The van der Waals surface area contributed by atoms with Gasteiger partial charge in [0.05, 0.1) is 18.3 Å². The number of carbonyl (C=O) groups excluding carboxylic acids is 1. The van der Waals surface area contributed by atoms with E-state index in [9.17, 15) is 36.2 Å². The third-order valence-corrected chi connectivity index (χ3v) is 4.67. The van der Waals surface area contributed by atoms with Crippen LogP contribution in [0.4, 0.5) is 42.9 Å². The van der Waals surface area contributed by atoms with Gasteiger partial charge in [-0.1, -0.05) is 0 Å². The van der Waals surface area contributed by atoms with Crippen LogP contribution in [-0.2, 0) is 4.74 Å². The standard InChI is InChI=1S/C19H18F6N4O4/c1-8(10-3-12(21)15(4-11(10)20)33-7-19(23,24)25)27-17-26-5-13(22)16(28-17)29-14(9(2)30)6-32-18(29)31/h3-5,8-9,14,30H,6-7H2,1-2H3,(H,26,27,28)/t8-,9+,14+/m0/s1. The van der Waals surface area contributed by atoms with E-state index in [0.29, 0.717) is 12.1 Å². The number of hydrogen-bond donors (Lipinski definition) is 2. The maximum Gasteiger partial charge on any atom is 0.422 e. The minimum atomic E-state index is -4.73. The summed E-state index contributed by atoms with van der Waals surface area (Å²) in [5.74, 6) is -5.01. The minimum Gasteiger partial charge on any atom is -0.481 e. The molecule has 0 spiro atoms. The van der Waals surface area contributed by atoms with E-state index in [1.165, 1.54) is 13.8 Å². The molecule has 1 aliphatic heterocycles. The van der Waals surface area contributed by atoms with Crippen LogP contribution in [0.5, 0.6) is 5.75 Å². The number of benzene rings is 1. The van der Waals surface area contributed by atoms with Crippen molar-refractivity contribution in [3.8, 4) is 5.75 Å². The van der Waals surface area contributed by atoms with E-state index in [0.717, 1.165) is 11.1 Å². The maximum absolute atomic E-state index is 14.4. The highest BCUT2D eigenvalue weighted by atomic mass is 19.4. The molecule has 2 heterocycles. The Kier molecular flexibility index (Phi) is 6.86. The summed E-state index contributed by atoms with van der Waals surface area (Å²) in [5, 5.41) is 12.4. The summed E-state index contributed by atoms with van der Waals surface area (Å²) >= 11 is 0. The third kappa shape index (κ3) is 5.56. The van der Waals surface area contributed by atoms with E-state index in [1.807, 2.05) is 0 Å². The molecule has 1 saturated heterocycles.